The predicted octanol–water partition coefficient (Wildman–Crippen LogP) is 3.09. The molecule has 0 aliphatic rings. The van der Waals surface area contributed by atoms with Crippen LogP contribution in [0.4, 0.5) is 0 Å². The molecule has 4 nitrogen and oxygen atoms in total. The Kier molecular flexibility index (Phi) is 4.85. The Morgan fingerprint density at radius 2 is 2.26 bits per heavy atom. The molecule has 0 bridgehead atoms. The SMILES string of the molecule is CCC(O)CSc1nncn1-c1ccc(C)c(Cl)c1. The van der Waals surface area contributed by atoms with Gasteiger partial charge in [-0.25, -0.2) is 0 Å². The van der Waals surface area contributed by atoms with Crippen molar-refractivity contribution < 1.29 is 5.11 Å². The Morgan fingerprint density at radius 1 is 1.47 bits per heavy atom. The molecule has 0 amide bonds. The van der Waals surface area contributed by atoms with Crippen LogP contribution in [-0.2, 0) is 0 Å². The summed E-state index contributed by atoms with van der Waals surface area (Å²) < 4.78 is 1.87. The second kappa shape index (κ2) is 6.41. The fourth-order valence-electron chi connectivity index (χ4n) is 1.52. The number of thioether (sulfide) groups is 1. The number of nitrogens with zero attached hydrogens (tertiary/aromatic N) is 3. The first-order chi connectivity index (χ1) is 9.11. The average Bonchev–Trinajstić information content (AvgIpc) is 2.87. The van der Waals surface area contributed by atoms with E-state index in [-0.39, 0.29) is 6.10 Å². The van der Waals surface area contributed by atoms with Crippen LogP contribution in [-0.4, -0.2) is 31.7 Å². The van der Waals surface area contributed by atoms with Gasteiger partial charge >= 0.3 is 0 Å². The number of hydrogen-bond donors (Lipinski definition) is 1. The molecule has 6 heteroatoms. The highest BCUT2D eigenvalue weighted by molar-refractivity contribution is 7.99. The normalized spacial score (nSPS) is 12.6. The highest BCUT2D eigenvalue weighted by atomic mass is 35.5. The molecule has 0 saturated heterocycles. The van der Waals surface area contributed by atoms with E-state index in [9.17, 15) is 5.11 Å². The average molecular weight is 298 g/mol. The Bertz CT molecular complexity index is 559. The number of benzene rings is 1. The third-order valence-corrected chi connectivity index (χ3v) is 4.32. The molecule has 19 heavy (non-hydrogen) atoms. The van der Waals surface area contributed by atoms with Gasteiger partial charge in [0.2, 0.25) is 0 Å². The maximum absolute atomic E-state index is 9.60. The molecule has 1 N–H and O–H groups in total. The molecule has 0 fully saturated rings. The summed E-state index contributed by atoms with van der Waals surface area (Å²) in [6.07, 6.45) is 2.07. The monoisotopic (exact) mass is 297 g/mol. The Morgan fingerprint density at radius 3 is 2.95 bits per heavy atom. The molecule has 0 saturated carbocycles. The second-order valence-electron chi connectivity index (χ2n) is 4.29. The number of aliphatic hydroxyl groups excluding tert-OH is 1. The van der Waals surface area contributed by atoms with E-state index in [1.807, 2.05) is 36.6 Å². The summed E-state index contributed by atoms with van der Waals surface area (Å²) in [7, 11) is 0. The number of aliphatic hydroxyl groups is 1. The fraction of sp³-hybridized carbons (Fsp3) is 0.385. The maximum atomic E-state index is 9.60. The summed E-state index contributed by atoms with van der Waals surface area (Å²) in [6, 6.07) is 5.83. The summed E-state index contributed by atoms with van der Waals surface area (Å²) in [5.41, 5.74) is 1.96. The van der Waals surface area contributed by atoms with Crippen LogP contribution in [0.3, 0.4) is 0 Å². The first-order valence-corrected chi connectivity index (χ1v) is 7.45. The number of aryl methyl sites for hydroxylation is 1. The van der Waals surface area contributed by atoms with Gasteiger partial charge in [0.25, 0.3) is 0 Å². The van der Waals surface area contributed by atoms with Crippen molar-refractivity contribution in [1.29, 1.82) is 0 Å². The molecule has 102 valence electrons. The zero-order valence-corrected chi connectivity index (χ0v) is 12.4. The van der Waals surface area contributed by atoms with Crippen molar-refractivity contribution >= 4 is 23.4 Å². The van der Waals surface area contributed by atoms with E-state index in [1.165, 1.54) is 11.8 Å². The van der Waals surface area contributed by atoms with Gasteiger partial charge in [0.05, 0.1) is 11.8 Å². The summed E-state index contributed by atoms with van der Waals surface area (Å²) >= 11 is 7.62. The highest BCUT2D eigenvalue weighted by Crippen LogP contribution is 2.24. The summed E-state index contributed by atoms with van der Waals surface area (Å²) in [6.45, 7) is 3.92. The van der Waals surface area contributed by atoms with Gasteiger partial charge in [-0.3, -0.25) is 4.57 Å². The van der Waals surface area contributed by atoms with Gasteiger partial charge in [-0.2, -0.15) is 0 Å². The predicted molar refractivity (Wildman–Crippen MR) is 78.1 cm³/mol. The van der Waals surface area contributed by atoms with E-state index < -0.39 is 0 Å². The van der Waals surface area contributed by atoms with Crippen LogP contribution < -0.4 is 0 Å². The zero-order chi connectivity index (χ0) is 13.8. The fourth-order valence-corrected chi connectivity index (χ4v) is 2.67. The van der Waals surface area contributed by atoms with E-state index in [4.69, 9.17) is 11.6 Å². The van der Waals surface area contributed by atoms with Crippen molar-refractivity contribution in [3.8, 4) is 5.69 Å². The largest absolute Gasteiger partial charge is 0.392 e. The molecule has 2 aromatic rings. The van der Waals surface area contributed by atoms with Crippen molar-refractivity contribution in [2.45, 2.75) is 31.5 Å². The van der Waals surface area contributed by atoms with Gasteiger partial charge in [0, 0.05) is 10.8 Å². The lowest BCUT2D eigenvalue weighted by molar-refractivity contribution is 0.195. The first kappa shape index (κ1) is 14.4. The van der Waals surface area contributed by atoms with Gasteiger partial charge in [-0.15, -0.1) is 10.2 Å². The third-order valence-electron chi connectivity index (χ3n) is 2.83. The topological polar surface area (TPSA) is 50.9 Å². The molecular weight excluding hydrogens is 282 g/mol. The smallest absolute Gasteiger partial charge is 0.195 e. The second-order valence-corrected chi connectivity index (χ2v) is 5.68. The van der Waals surface area contributed by atoms with Gasteiger partial charge in [0.1, 0.15) is 6.33 Å². The van der Waals surface area contributed by atoms with Crippen molar-refractivity contribution in [2.75, 3.05) is 5.75 Å². The molecule has 0 radical (unpaired) electrons. The van der Waals surface area contributed by atoms with Crippen molar-refractivity contribution in [1.82, 2.24) is 14.8 Å². The van der Waals surface area contributed by atoms with E-state index in [2.05, 4.69) is 10.2 Å². The first-order valence-electron chi connectivity index (χ1n) is 6.09. The molecule has 2 rings (SSSR count). The molecule has 1 aromatic heterocycles. The number of halogens is 1. The van der Waals surface area contributed by atoms with Crippen LogP contribution in [0, 0.1) is 6.92 Å². The van der Waals surface area contributed by atoms with Crippen molar-refractivity contribution in [2.24, 2.45) is 0 Å². The molecule has 0 spiro atoms. The Balaban J connectivity index is 2.21. The minimum absolute atomic E-state index is 0.322. The Labute approximate surface area is 121 Å². The van der Waals surface area contributed by atoms with E-state index in [0.717, 1.165) is 27.9 Å². The zero-order valence-electron chi connectivity index (χ0n) is 10.9. The maximum Gasteiger partial charge on any atom is 0.195 e. The lowest BCUT2D eigenvalue weighted by Crippen LogP contribution is -2.08. The molecule has 0 aliphatic carbocycles. The summed E-state index contributed by atoms with van der Waals surface area (Å²) in [5.74, 6) is 0.606. The number of aromatic nitrogens is 3. The van der Waals surface area contributed by atoms with E-state index in [0.29, 0.717) is 5.75 Å². The molecule has 1 unspecified atom stereocenters. The van der Waals surface area contributed by atoms with Crippen molar-refractivity contribution in [3.05, 3.63) is 35.1 Å². The molecular formula is C13H16ClN3OS. The van der Waals surface area contributed by atoms with Gasteiger partial charge in [-0.05, 0) is 31.0 Å². The van der Waals surface area contributed by atoms with E-state index >= 15 is 0 Å². The van der Waals surface area contributed by atoms with Gasteiger partial charge in [0.15, 0.2) is 5.16 Å². The highest BCUT2D eigenvalue weighted by Gasteiger charge is 2.10. The van der Waals surface area contributed by atoms with Crippen LogP contribution in [0.15, 0.2) is 29.7 Å². The lowest BCUT2D eigenvalue weighted by atomic mass is 10.2. The molecule has 1 atom stereocenters. The third kappa shape index (κ3) is 3.49. The van der Waals surface area contributed by atoms with Crippen molar-refractivity contribution in [3.63, 3.8) is 0 Å². The number of hydrogen-bond acceptors (Lipinski definition) is 4. The quantitative estimate of drug-likeness (QED) is 0.862. The number of rotatable bonds is 5. The van der Waals surface area contributed by atoms with Gasteiger partial charge in [-0.1, -0.05) is 36.4 Å². The molecule has 1 aromatic carbocycles. The minimum atomic E-state index is -0.322. The van der Waals surface area contributed by atoms with Crippen LogP contribution in [0.25, 0.3) is 5.69 Å². The van der Waals surface area contributed by atoms with Crippen LogP contribution >= 0.6 is 23.4 Å². The summed E-state index contributed by atoms with van der Waals surface area (Å²) in [5, 5.41) is 19.1. The van der Waals surface area contributed by atoms with Crippen LogP contribution in [0.1, 0.15) is 18.9 Å². The lowest BCUT2D eigenvalue weighted by Gasteiger charge is -2.09. The van der Waals surface area contributed by atoms with Crippen LogP contribution in [0.2, 0.25) is 5.02 Å². The minimum Gasteiger partial charge on any atom is -0.392 e. The van der Waals surface area contributed by atoms with Crippen LogP contribution in [0.5, 0.6) is 0 Å². The Hall–Kier alpha value is -1.04. The summed E-state index contributed by atoms with van der Waals surface area (Å²) in [4.78, 5) is 0. The van der Waals surface area contributed by atoms with E-state index in [1.54, 1.807) is 6.33 Å². The molecule has 1 heterocycles. The molecule has 0 aliphatic heterocycles. The standard InChI is InChI=1S/C13H16ClN3OS/c1-3-11(18)7-19-13-16-15-8-17(13)10-5-4-9(2)12(14)6-10/h4-6,8,11,18H,3,7H2,1-2H3. The van der Waals surface area contributed by atoms with Gasteiger partial charge < -0.3 is 5.11 Å².